The molecule has 3 N–H and O–H groups in total. The van der Waals surface area contributed by atoms with Crippen LogP contribution in [0.1, 0.15) is 5.56 Å². The van der Waals surface area contributed by atoms with Crippen LogP contribution in [0.3, 0.4) is 0 Å². The van der Waals surface area contributed by atoms with Crippen molar-refractivity contribution in [3.63, 3.8) is 0 Å². The molecule has 0 unspecified atom stereocenters. The van der Waals surface area contributed by atoms with E-state index in [2.05, 4.69) is 15.3 Å². The van der Waals surface area contributed by atoms with Crippen LogP contribution in [0.15, 0.2) is 40.5 Å². The van der Waals surface area contributed by atoms with Gasteiger partial charge in [0.25, 0.3) is 0 Å². The number of rotatable bonds is 4. The maximum Gasteiger partial charge on any atom is 0.238 e. The van der Waals surface area contributed by atoms with E-state index in [9.17, 15) is 13.7 Å². The lowest BCUT2D eigenvalue weighted by molar-refractivity contribution is 0.598. The highest BCUT2D eigenvalue weighted by atomic mass is 32.2. The van der Waals surface area contributed by atoms with Gasteiger partial charge in [-0.3, -0.25) is 0 Å². The first kappa shape index (κ1) is 15.2. The van der Waals surface area contributed by atoms with E-state index >= 15 is 0 Å². The van der Waals surface area contributed by atoms with Crippen LogP contribution in [-0.4, -0.2) is 24.6 Å². The van der Waals surface area contributed by atoms with Crippen molar-refractivity contribution in [3.8, 4) is 6.07 Å². The van der Waals surface area contributed by atoms with Gasteiger partial charge in [0.1, 0.15) is 23.0 Å². The molecule has 0 radical (unpaired) electrons. The highest BCUT2D eigenvalue weighted by Gasteiger charge is 2.11. The summed E-state index contributed by atoms with van der Waals surface area (Å²) in [7, 11) is -3.73. The molecule has 108 valence electrons. The van der Waals surface area contributed by atoms with Crippen LogP contribution in [-0.2, 0) is 10.0 Å². The van der Waals surface area contributed by atoms with Crippen molar-refractivity contribution >= 4 is 33.3 Å². The Labute approximate surface area is 126 Å². The van der Waals surface area contributed by atoms with Crippen molar-refractivity contribution in [3.05, 3.63) is 36.2 Å². The average Bonchev–Trinajstić information content (AvgIpc) is 2.46. The van der Waals surface area contributed by atoms with Crippen molar-refractivity contribution in [2.24, 2.45) is 5.14 Å². The molecule has 0 aliphatic carbocycles. The van der Waals surface area contributed by atoms with Crippen molar-refractivity contribution in [1.29, 1.82) is 5.26 Å². The van der Waals surface area contributed by atoms with Crippen LogP contribution in [0.5, 0.6) is 0 Å². The molecule has 0 saturated carbocycles. The number of aromatic nitrogens is 2. The highest BCUT2D eigenvalue weighted by molar-refractivity contribution is 7.98. The number of nitrogens with one attached hydrogen (secondary N) is 1. The van der Waals surface area contributed by atoms with Gasteiger partial charge in [-0.2, -0.15) is 5.26 Å². The van der Waals surface area contributed by atoms with Gasteiger partial charge in [0.2, 0.25) is 10.0 Å². The summed E-state index contributed by atoms with van der Waals surface area (Å²) in [5, 5.41) is 17.7. The first-order valence-corrected chi connectivity index (χ1v) is 8.42. The summed E-state index contributed by atoms with van der Waals surface area (Å²) < 4.78 is 22.4. The zero-order chi connectivity index (χ0) is 15.5. The summed E-state index contributed by atoms with van der Waals surface area (Å²) in [6, 6.07) is 7.88. The summed E-state index contributed by atoms with van der Waals surface area (Å²) in [4.78, 5) is 8.05. The molecule has 1 heterocycles. The van der Waals surface area contributed by atoms with E-state index in [0.29, 0.717) is 22.1 Å². The van der Waals surface area contributed by atoms with E-state index in [1.807, 2.05) is 12.3 Å². The zero-order valence-corrected chi connectivity index (χ0v) is 12.6. The molecule has 0 spiro atoms. The van der Waals surface area contributed by atoms with Gasteiger partial charge >= 0.3 is 0 Å². The predicted octanol–water partition coefficient (Wildman–Crippen LogP) is 1.46. The molecule has 1 aromatic heterocycles. The van der Waals surface area contributed by atoms with Gasteiger partial charge in [0.05, 0.1) is 4.90 Å². The number of benzene rings is 1. The fourth-order valence-electron chi connectivity index (χ4n) is 1.58. The molecule has 2 rings (SSSR count). The zero-order valence-electron chi connectivity index (χ0n) is 10.9. The molecule has 0 fully saturated rings. The van der Waals surface area contributed by atoms with Crippen molar-refractivity contribution < 1.29 is 8.42 Å². The topological polar surface area (TPSA) is 122 Å². The Hall–Kier alpha value is -2.15. The third kappa shape index (κ3) is 3.49. The number of nitrogens with two attached hydrogens (primary N) is 1. The lowest BCUT2D eigenvalue weighted by Gasteiger charge is -2.09. The average molecular weight is 321 g/mol. The van der Waals surface area contributed by atoms with Crippen LogP contribution >= 0.6 is 11.8 Å². The van der Waals surface area contributed by atoms with Crippen LogP contribution in [0.4, 0.5) is 11.5 Å². The van der Waals surface area contributed by atoms with Crippen LogP contribution in [0.2, 0.25) is 0 Å². The fourth-order valence-corrected chi connectivity index (χ4v) is 2.60. The summed E-state index contributed by atoms with van der Waals surface area (Å²) in [6.45, 7) is 0. The number of hydrogen-bond acceptors (Lipinski definition) is 7. The molecule has 21 heavy (non-hydrogen) atoms. The molecule has 0 aliphatic heterocycles. The molecule has 9 heteroatoms. The molecule has 0 bridgehead atoms. The maximum atomic E-state index is 11.2. The Balaban J connectivity index is 2.33. The number of anilines is 2. The molecule has 1 aromatic carbocycles. The van der Waals surface area contributed by atoms with Gasteiger partial charge in [-0.1, -0.05) is 0 Å². The van der Waals surface area contributed by atoms with E-state index in [1.165, 1.54) is 30.2 Å². The smallest absolute Gasteiger partial charge is 0.238 e. The molecule has 7 nitrogen and oxygen atoms in total. The second-order valence-corrected chi connectivity index (χ2v) is 6.27. The van der Waals surface area contributed by atoms with Crippen LogP contribution < -0.4 is 10.5 Å². The van der Waals surface area contributed by atoms with Gasteiger partial charge in [-0.15, -0.1) is 11.8 Å². The highest BCUT2D eigenvalue weighted by Crippen LogP contribution is 2.25. The quantitative estimate of drug-likeness (QED) is 0.645. The molecule has 0 atom stereocenters. The number of nitrogens with zero attached hydrogens (tertiary/aromatic N) is 3. The number of primary sulfonamides is 1. The van der Waals surface area contributed by atoms with Gasteiger partial charge in [-0.25, -0.2) is 23.5 Å². The van der Waals surface area contributed by atoms with E-state index in [4.69, 9.17) is 5.14 Å². The number of thioether (sulfide) groups is 1. The molecule has 0 amide bonds. The molecular formula is C12H11N5O2S2. The number of nitriles is 1. The Morgan fingerprint density at radius 2 is 1.95 bits per heavy atom. The third-order valence-electron chi connectivity index (χ3n) is 2.56. The van der Waals surface area contributed by atoms with Crippen LogP contribution in [0.25, 0.3) is 0 Å². The second-order valence-electron chi connectivity index (χ2n) is 3.91. The predicted molar refractivity (Wildman–Crippen MR) is 79.6 cm³/mol. The van der Waals surface area contributed by atoms with Crippen molar-refractivity contribution in [1.82, 2.24) is 9.97 Å². The number of hydrogen-bond donors (Lipinski definition) is 2. The van der Waals surface area contributed by atoms with E-state index in [1.54, 1.807) is 12.1 Å². The molecule has 0 aliphatic rings. The van der Waals surface area contributed by atoms with Crippen molar-refractivity contribution in [2.45, 2.75) is 9.92 Å². The Kier molecular flexibility index (Phi) is 4.42. The summed E-state index contributed by atoms with van der Waals surface area (Å²) >= 11 is 1.34. The lowest BCUT2D eigenvalue weighted by Crippen LogP contribution is -2.11. The monoisotopic (exact) mass is 321 g/mol. The molecular weight excluding hydrogens is 310 g/mol. The summed E-state index contributed by atoms with van der Waals surface area (Å²) in [5.41, 5.74) is 0.921. The van der Waals surface area contributed by atoms with Crippen molar-refractivity contribution in [2.75, 3.05) is 11.6 Å². The summed E-state index contributed by atoms with van der Waals surface area (Å²) in [5.74, 6) is 0.361. The Morgan fingerprint density at radius 3 is 2.48 bits per heavy atom. The van der Waals surface area contributed by atoms with Gasteiger partial charge < -0.3 is 5.32 Å². The molecule has 0 saturated heterocycles. The maximum absolute atomic E-state index is 11.2. The second kappa shape index (κ2) is 6.09. The van der Waals surface area contributed by atoms with E-state index < -0.39 is 10.0 Å². The van der Waals surface area contributed by atoms with Gasteiger partial charge in [0, 0.05) is 5.69 Å². The Bertz CT molecular complexity index is 797. The standard InChI is InChI=1S/C12H11N5O2S2/c1-20-12-10(6-13)11(15-7-16-12)17-8-2-4-9(5-3-8)21(14,18)19/h2-5,7H,1H3,(H2,14,18,19)(H,15,16,17). The minimum absolute atomic E-state index is 0.0149. The minimum atomic E-state index is -3.73. The first-order chi connectivity index (χ1) is 9.95. The van der Waals surface area contributed by atoms with E-state index in [-0.39, 0.29) is 4.90 Å². The largest absolute Gasteiger partial charge is 0.339 e. The minimum Gasteiger partial charge on any atom is -0.339 e. The Morgan fingerprint density at radius 1 is 1.29 bits per heavy atom. The molecule has 2 aromatic rings. The normalized spacial score (nSPS) is 10.9. The SMILES string of the molecule is CSc1ncnc(Nc2ccc(S(N)(=O)=O)cc2)c1C#N. The van der Waals surface area contributed by atoms with Gasteiger partial charge in [-0.05, 0) is 30.5 Å². The third-order valence-corrected chi connectivity index (χ3v) is 4.19. The lowest BCUT2D eigenvalue weighted by atomic mass is 10.3. The fraction of sp³-hybridized carbons (Fsp3) is 0.0833. The van der Waals surface area contributed by atoms with E-state index in [0.717, 1.165) is 0 Å². The van der Waals surface area contributed by atoms with Gasteiger partial charge in [0.15, 0.2) is 5.82 Å². The number of sulfonamides is 1. The van der Waals surface area contributed by atoms with Crippen LogP contribution in [0, 0.1) is 11.3 Å². The first-order valence-electron chi connectivity index (χ1n) is 5.64. The summed E-state index contributed by atoms with van der Waals surface area (Å²) in [6.07, 6.45) is 3.17.